The highest BCUT2D eigenvalue weighted by Gasteiger charge is 2.19. The maximum atomic E-state index is 6.02. The fraction of sp³-hybridized carbons (Fsp3) is 0.133. The zero-order valence-electron chi connectivity index (χ0n) is 11.0. The summed E-state index contributed by atoms with van der Waals surface area (Å²) in [7, 11) is 0. The summed E-state index contributed by atoms with van der Waals surface area (Å²) in [4.78, 5) is 7.88. The molecule has 1 aromatic heterocycles. The lowest BCUT2D eigenvalue weighted by molar-refractivity contribution is 0.172. The number of aromatic nitrogens is 2. The first-order chi connectivity index (χ1) is 10.2. The molecule has 3 N–H and O–H groups in total. The smallest absolute Gasteiger partial charge is 0.172 e. The Hall–Kier alpha value is -2.21. The number of hydrogen-bond acceptors (Lipinski definition) is 4. The SMILES string of the molecule is Nc1cc(Br)cc2[nH]c(-c3cccc4c3OCCO4)nc12. The summed E-state index contributed by atoms with van der Waals surface area (Å²) in [5.74, 6) is 2.19. The van der Waals surface area contributed by atoms with Crippen LogP contribution in [0, 0.1) is 0 Å². The molecule has 0 saturated carbocycles. The van der Waals surface area contributed by atoms with Crippen molar-refractivity contribution in [2.24, 2.45) is 0 Å². The van der Waals surface area contributed by atoms with Gasteiger partial charge in [-0.2, -0.15) is 0 Å². The molecular formula is C15H12BrN3O2. The summed E-state index contributed by atoms with van der Waals surface area (Å²) >= 11 is 3.44. The lowest BCUT2D eigenvalue weighted by Gasteiger charge is -2.20. The molecule has 21 heavy (non-hydrogen) atoms. The summed E-state index contributed by atoms with van der Waals surface area (Å²) in [6.45, 7) is 1.11. The second-order valence-electron chi connectivity index (χ2n) is 4.81. The van der Waals surface area contributed by atoms with Gasteiger partial charge in [-0.25, -0.2) is 4.98 Å². The van der Waals surface area contributed by atoms with Gasteiger partial charge in [0.2, 0.25) is 0 Å². The molecule has 2 heterocycles. The number of ether oxygens (including phenoxy) is 2. The molecule has 4 rings (SSSR count). The molecule has 1 aliphatic heterocycles. The van der Waals surface area contributed by atoms with Crippen molar-refractivity contribution in [2.45, 2.75) is 0 Å². The zero-order chi connectivity index (χ0) is 14.4. The Balaban J connectivity index is 1.93. The highest BCUT2D eigenvalue weighted by atomic mass is 79.9. The normalized spacial score (nSPS) is 13.6. The Bertz CT molecular complexity index is 844. The minimum atomic E-state index is 0.540. The standard InChI is InChI=1S/C15H12BrN3O2/c16-8-6-10(17)13-11(7-8)18-15(19-13)9-2-1-3-12-14(9)21-5-4-20-12/h1-3,6-7H,4-5,17H2,(H,18,19). The third-order valence-corrected chi connectivity index (χ3v) is 3.86. The number of nitrogen functional groups attached to an aromatic ring is 1. The Labute approximate surface area is 129 Å². The molecule has 2 aromatic carbocycles. The highest BCUT2D eigenvalue weighted by Crippen LogP contribution is 2.39. The van der Waals surface area contributed by atoms with Crippen LogP contribution in [0.4, 0.5) is 5.69 Å². The van der Waals surface area contributed by atoms with Crippen LogP contribution in [-0.2, 0) is 0 Å². The molecule has 1 aliphatic rings. The molecule has 3 aromatic rings. The van der Waals surface area contributed by atoms with Crippen LogP contribution in [0.3, 0.4) is 0 Å². The van der Waals surface area contributed by atoms with Gasteiger partial charge >= 0.3 is 0 Å². The van der Waals surface area contributed by atoms with Gasteiger partial charge in [0.1, 0.15) is 24.6 Å². The third kappa shape index (κ3) is 2.03. The molecule has 0 fully saturated rings. The second-order valence-corrected chi connectivity index (χ2v) is 5.72. The lowest BCUT2D eigenvalue weighted by atomic mass is 10.1. The molecule has 0 radical (unpaired) electrons. The number of benzene rings is 2. The first-order valence-electron chi connectivity index (χ1n) is 6.56. The highest BCUT2D eigenvalue weighted by molar-refractivity contribution is 9.10. The quantitative estimate of drug-likeness (QED) is 0.663. The van der Waals surface area contributed by atoms with Crippen LogP contribution in [0.2, 0.25) is 0 Å². The van der Waals surface area contributed by atoms with Crippen molar-refractivity contribution in [1.82, 2.24) is 9.97 Å². The van der Waals surface area contributed by atoms with Crippen molar-refractivity contribution in [3.63, 3.8) is 0 Å². The van der Waals surface area contributed by atoms with Gasteiger partial charge in [-0.15, -0.1) is 0 Å². The summed E-state index contributed by atoms with van der Waals surface area (Å²) in [5.41, 5.74) is 9.15. The van der Waals surface area contributed by atoms with Gasteiger partial charge in [0.05, 0.1) is 16.8 Å². The number of rotatable bonds is 1. The summed E-state index contributed by atoms with van der Waals surface area (Å²) in [6, 6.07) is 9.57. The van der Waals surface area contributed by atoms with E-state index in [9.17, 15) is 0 Å². The number of anilines is 1. The Kier molecular flexibility index (Phi) is 2.78. The van der Waals surface area contributed by atoms with E-state index in [2.05, 4.69) is 25.9 Å². The average molecular weight is 346 g/mol. The fourth-order valence-electron chi connectivity index (χ4n) is 2.50. The molecule has 0 atom stereocenters. The van der Waals surface area contributed by atoms with Gasteiger partial charge in [-0.1, -0.05) is 22.0 Å². The predicted molar refractivity (Wildman–Crippen MR) is 84.6 cm³/mol. The number of nitrogens with one attached hydrogen (secondary N) is 1. The molecule has 0 saturated heterocycles. The number of aromatic amines is 1. The number of fused-ring (bicyclic) bond motifs is 2. The minimum absolute atomic E-state index is 0.540. The Morgan fingerprint density at radius 2 is 2.05 bits per heavy atom. The van der Waals surface area contributed by atoms with Gasteiger partial charge in [-0.05, 0) is 24.3 Å². The van der Waals surface area contributed by atoms with Gasteiger partial charge in [0.25, 0.3) is 0 Å². The molecular weight excluding hydrogens is 334 g/mol. The summed E-state index contributed by atoms with van der Waals surface area (Å²) in [6.07, 6.45) is 0. The van der Waals surface area contributed by atoms with Crippen LogP contribution >= 0.6 is 15.9 Å². The van der Waals surface area contributed by atoms with Gasteiger partial charge in [0, 0.05) is 4.47 Å². The van der Waals surface area contributed by atoms with Crippen molar-refractivity contribution in [1.29, 1.82) is 0 Å². The Morgan fingerprint density at radius 3 is 2.95 bits per heavy atom. The summed E-state index contributed by atoms with van der Waals surface area (Å²) in [5, 5.41) is 0. The van der Waals surface area contributed by atoms with Crippen molar-refractivity contribution in [3.8, 4) is 22.9 Å². The number of para-hydroxylation sites is 1. The first kappa shape index (κ1) is 12.5. The van der Waals surface area contributed by atoms with E-state index < -0.39 is 0 Å². The number of imidazole rings is 1. The third-order valence-electron chi connectivity index (χ3n) is 3.40. The molecule has 0 bridgehead atoms. The minimum Gasteiger partial charge on any atom is -0.486 e. The van der Waals surface area contributed by atoms with E-state index in [1.165, 1.54) is 0 Å². The van der Waals surface area contributed by atoms with E-state index in [0.29, 0.717) is 18.9 Å². The molecule has 0 aliphatic carbocycles. The maximum Gasteiger partial charge on any atom is 0.172 e. The lowest BCUT2D eigenvalue weighted by Crippen LogP contribution is -2.15. The number of nitrogens with two attached hydrogens (primary N) is 1. The maximum absolute atomic E-state index is 6.02. The van der Waals surface area contributed by atoms with Crippen LogP contribution in [-0.4, -0.2) is 23.2 Å². The number of H-pyrrole nitrogens is 1. The van der Waals surface area contributed by atoms with E-state index in [-0.39, 0.29) is 0 Å². The predicted octanol–water partition coefficient (Wildman–Crippen LogP) is 3.35. The zero-order valence-corrected chi connectivity index (χ0v) is 12.6. The largest absolute Gasteiger partial charge is 0.486 e. The monoisotopic (exact) mass is 345 g/mol. The van der Waals surface area contributed by atoms with Crippen molar-refractivity contribution >= 4 is 32.7 Å². The van der Waals surface area contributed by atoms with Crippen LogP contribution in [0.5, 0.6) is 11.5 Å². The van der Waals surface area contributed by atoms with Gasteiger partial charge in [0.15, 0.2) is 11.5 Å². The van der Waals surface area contributed by atoms with E-state index in [0.717, 1.165) is 38.4 Å². The van der Waals surface area contributed by atoms with E-state index in [4.69, 9.17) is 15.2 Å². The van der Waals surface area contributed by atoms with E-state index in [1.807, 2.05) is 30.3 Å². The number of hydrogen-bond donors (Lipinski definition) is 2. The molecule has 0 spiro atoms. The van der Waals surface area contributed by atoms with Crippen molar-refractivity contribution in [3.05, 3.63) is 34.8 Å². The Morgan fingerprint density at radius 1 is 1.19 bits per heavy atom. The van der Waals surface area contributed by atoms with E-state index >= 15 is 0 Å². The van der Waals surface area contributed by atoms with Crippen LogP contribution in [0.15, 0.2) is 34.8 Å². The van der Waals surface area contributed by atoms with E-state index in [1.54, 1.807) is 0 Å². The van der Waals surface area contributed by atoms with Crippen molar-refractivity contribution in [2.75, 3.05) is 18.9 Å². The first-order valence-corrected chi connectivity index (χ1v) is 7.35. The average Bonchev–Trinajstić information content (AvgIpc) is 2.90. The number of halogens is 1. The molecule has 0 amide bonds. The van der Waals surface area contributed by atoms with Crippen molar-refractivity contribution < 1.29 is 9.47 Å². The van der Waals surface area contributed by atoms with Gasteiger partial charge < -0.3 is 20.2 Å². The fourth-order valence-corrected chi connectivity index (χ4v) is 2.97. The number of nitrogens with zero attached hydrogens (tertiary/aromatic N) is 1. The molecule has 106 valence electrons. The summed E-state index contributed by atoms with van der Waals surface area (Å²) < 4.78 is 12.3. The molecule has 0 unspecified atom stereocenters. The van der Waals surface area contributed by atoms with Gasteiger partial charge in [-0.3, -0.25) is 0 Å². The molecule has 5 nitrogen and oxygen atoms in total. The second kappa shape index (κ2) is 4.66. The topological polar surface area (TPSA) is 73.2 Å². The molecule has 6 heteroatoms. The van der Waals surface area contributed by atoms with Crippen LogP contribution < -0.4 is 15.2 Å². The van der Waals surface area contributed by atoms with Crippen LogP contribution in [0.25, 0.3) is 22.4 Å². The van der Waals surface area contributed by atoms with Crippen LogP contribution in [0.1, 0.15) is 0 Å².